The number of carbonyl (C=O) groups excluding carboxylic acids is 1. The predicted octanol–water partition coefficient (Wildman–Crippen LogP) is 6.42. The van der Waals surface area contributed by atoms with Gasteiger partial charge in [0.05, 0.1) is 22.9 Å². The Morgan fingerprint density at radius 2 is 1.82 bits per heavy atom. The SMILES string of the molecule is CCOc1ccc(-n2c(SCC(=O)Nc3ccccc3C(C)(C)C)nnc2-c2cccs2)cc1. The molecule has 2 heterocycles. The number of anilines is 1. The minimum absolute atomic E-state index is 0.0690. The van der Waals surface area contributed by atoms with Crippen LogP contribution in [0.1, 0.15) is 33.3 Å². The smallest absolute Gasteiger partial charge is 0.234 e. The molecule has 2 aromatic carbocycles. The lowest BCUT2D eigenvalue weighted by Crippen LogP contribution is -2.20. The summed E-state index contributed by atoms with van der Waals surface area (Å²) in [5.41, 5.74) is 2.79. The summed E-state index contributed by atoms with van der Waals surface area (Å²) in [4.78, 5) is 13.9. The molecular formula is C26H28N4O2S2. The van der Waals surface area contributed by atoms with Crippen molar-refractivity contribution in [1.29, 1.82) is 0 Å². The van der Waals surface area contributed by atoms with Crippen LogP contribution in [-0.4, -0.2) is 33.0 Å². The Hall–Kier alpha value is -3.10. The lowest BCUT2D eigenvalue weighted by Gasteiger charge is -2.23. The number of aromatic nitrogens is 3. The number of amides is 1. The Morgan fingerprint density at radius 3 is 2.50 bits per heavy atom. The third-order valence-electron chi connectivity index (χ3n) is 5.12. The Balaban J connectivity index is 1.56. The minimum atomic E-state index is -0.0828. The van der Waals surface area contributed by atoms with Crippen LogP contribution in [0.4, 0.5) is 5.69 Å². The summed E-state index contributed by atoms with van der Waals surface area (Å²) in [6.45, 7) is 8.98. The van der Waals surface area contributed by atoms with Gasteiger partial charge in [-0.1, -0.05) is 56.8 Å². The van der Waals surface area contributed by atoms with E-state index in [1.54, 1.807) is 11.3 Å². The number of rotatable bonds is 8. The van der Waals surface area contributed by atoms with Gasteiger partial charge in [0.2, 0.25) is 5.91 Å². The summed E-state index contributed by atoms with van der Waals surface area (Å²) in [6.07, 6.45) is 0. The highest BCUT2D eigenvalue weighted by Gasteiger charge is 2.20. The highest BCUT2D eigenvalue weighted by atomic mass is 32.2. The van der Waals surface area contributed by atoms with Crippen LogP contribution in [0.25, 0.3) is 16.4 Å². The van der Waals surface area contributed by atoms with Crippen LogP contribution in [-0.2, 0) is 10.2 Å². The second-order valence-corrected chi connectivity index (χ2v) is 10.6. The fourth-order valence-electron chi connectivity index (χ4n) is 3.58. The van der Waals surface area contributed by atoms with Gasteiger partial charge in [-0.25, -0.2) is 0 Å². The average Bonchev–Trinajstić information content (AvgIpc) is 3.48. The molecule has 0 saturated carbocycles. The second kappa shape index (κ2) is 10.4. The maximum absolute atomic E-state index is 12.9. The molecule has 0 aliphatic rings. The first-order valence-electron chi connectivity index (χ1n) is 11.1. The Kier molecular flexibility index (Phi) is 7.38. The number of thioether (sulfide) groups is 1. The van der Waals surface area contributed by atoms with E-state index >= 15 is 0 Å². The molecule has 4 aromatic rings. The molecule has 0 spiro atoms. The molecule has 0 unspecified atom stereocenters. The number of benzene rings is 2. The zero-order chi connectivity index (χ0) is 24.1. The van der Waals surface area contributed by atoms with Crippen molar-refractivity contribution in [3.8, 4) is 22.1 Å². The van der Waals surface area contributed by atoms with Crippen molar-refractivity contribution in [2.24, 2.45) is 0 Å². The van der Waals surface area contributed by atoms with Gasteiger partial charge in [-0.2, -0.15) is 0 Å². The normalized spacial score (nSPS) is 11.4. The number of ether oxygens (including phenoxy) is 1. The van der Waals surface area contributed by atoms with E-state index in [-0.39, 0.29) is 17.1 Å². The standard InChI is InChI=1S/C26H28N4O2S2/c1-5-32-19-14-12-18(13-15-19)30-24(22-11-8-16-33-22)28-29-25(30)34-17-23(31)27-21-10-7-6-9-20(21)26(2,3)4/h6-16H,5,17H2,1-4H3,(H,27,31). The number of hydrogen-bond acceptors (Lipinski definition) is 6. The van der Waals surface area contributed by atoms with Crippen molar-refractivity contribution < 1.29 is 9.53 Å². The van der Waals surface area contributed by atoms with Gasteiger partial charge in [0.1, 0.15) is 5.75 Å². The molecule has 0 aliphatic carbocycles. The van der Waals surface area contributed by atoms with Crippen LogP contribution in [0.15, 0.2) is 71.2 Å². The van der Waals surface area contributed by atoms with Crippen molar-refractivity contribution in [3.05, 3.63) is 71.6 Å². The third-order valence-corrected chi connectivity index (χ3v) is 6.92. The van der Waals surface area contributed by atoms with Gasteiger partial charge in [-0.05, 0) is 59.7 Å². The first-order chi connectivity index (χ1) is 16.4. The van der Waals surface area contributed by atoms with Gasteiger partial charge < -0.3 is 10.1 Å². The molecule has 0 bridgehead atoms. The van der Waals surface area contributed by atoms with E-state index in [9.17, 15) is 4.79 Å². The monoisotopic (exact) mass is 492 g/mol. The summed E-state index contributed by atoms with van der Waals surface area (Å²) in [7, 11) is 0. The van der Waals surface area contributed by atoms with Gasteiger partial charge >= 0.3 is 0 Å². The second-order valence-electron chi connectivity index (χ2n) is 8.68. The molecule has 0 atom stereocenters. The molecule has 0 fully saturated rings. The Labute approximate surface area is 208 Å². The van der Waals surface area contributed by atoms with E-state index < -0.39 is 0 Å². The predicted molar refractivity (Wildman–Crippen MR) is 140 cm³/mol. The third kappa shape index (κ3) is 5.51. The summed E-state index contributed by atoms with van der Waals surface area (Å²) >= 11 is 2.97. The lowest BCUT2D eigenvalue weighted by atomic mass is 9.86. The number of para-hydroxylation sites is 1. The summed E-state index contributed by atoms with van der Waals surface area (Å²) in [5, 5.41) is 14.6. The largest absolute Gasteiger partial charge is 0.494 e. The summed E-state index contributed by atoms with van der Waals surface area (Å²) in [6, 6.07) is 19.8. The molecule has 0 radical (unpaired) electrons. The summed E-state index contributed by atoms with van der Waals surface area (Å²) in [5.74, 6) is 1.70. The molecule has 6 nitrogen and oxygen atoms in total. The lowest BCUT2D eigenvalue weighted by molar-refractivity contribution is -0.113. The van der Waals surface area contributed by atoms with E-state index in [0.717, 1.165) is 33.4 Å². The quantitative estimate of drug-likeness (QED) is 0.287. The van der Waals surface area contributed by atoms with Gasteiger partial charge in [0.15, 0.2) is 11.0 Å². The van der Waals surface area contributed by atoms with Crippen molar-refractivity contribution >= 4 is 34.7 Å². The first-order valence-corrected chi connectivity index (χ1v) is 13.0. The van der Waals surface area contributed by atoms with E-state index in [0.29, 0.717) is 11.8 Å². The summed E-state index contributed by atoms with van der Waals surface area (Å²) < 4.78 is 7.57. The van der Waals surface area contributed by atoms with E-state index in [1.165, 1.54) is 11.8 Å². The van der Waals surface area contributed by atoms with Crippen molar-refractivity contribution in [1.82, 2.24) is 14.8 Å². The van der Waals surface area contributed by atoms with Crippen LogP contribution in [0.3, 0.4) is 0 Å². The maximum atomic E-state index is 12.9. The zero-order valence-electron chi connectivity index (χ0n) is 19.7. The van der Waals surface area contributed by atoms with Crippen LogP contribution in [0.2, 0.25) is 0 Å². The number of carbonyl (C=O) groups is 1. The van der Waals surface area contributed by atoms with Crippen LogP contribution < -0.4 is 10.1 Å². The van der Waals surface area contributed by atoms with E-state index in [1.807, 2.05) is 71.5 Å². The van der Waals surface area contributed by atoms with Gasteiger partial charge in [0.25, 0.3) is 0 Å². The molecule has 0 aliphatic heterocycles. The van der Waals surface area contributed by atoms with Gasteiger partial charge in [-0.15, -0.1) is 21.5 Å². The van der Waals surface area contributed by atoms with Crippen molar-refractivity contribution in [2.75, 3.05) is 17.7 Å². The Morgan fingerprint density at radius 1 is 1.06 bits per heavy atom. The number of nitrogens with one attached hydrogen (secondary N) is 1. The fourth-order valence-corrected chi connectivity index (χ4v) is 5.03. The number of hydrogen-bond donors (Lipinski definition) is 1. The van der Waals surface area contributed by atoms with Crippen LogP contribution in [0.5, 0.6) is 5.75 Å². The van der Waals surface area contributed by atoms with Crippen LogP contribution in [0, 0.1) is 0 Å². The molecular weight excluding hydrogens is 464 g/mol. The molecule has 0 saturated heterocycles. The topological polar surface area (TPSA) is 69.0 Å². The van der Waals surface area contributed by atoms with Crippen LogP contribution >= 0.6 is 23.1 Å². The van der Waals surface area contributed by atoms with E-state index in [2.05, 4.69) is 42.4 Å². The Bertz CT molecular complexity index is 1240. The number of thiophene rings is 1. The highest BCUT2D eigenvalue weighted by molar-refractivity contribution is 7.99. The average molecular weight is 493 g/mol. The van der Waals surface area contributed by atoms with Gasteiger partial charge in [0, 0.05) is 5.69 Å². The number of nitrogens with zero attached hydrogens (tertiary/aromatic N) is 3. The van der Waals surface area contributed by atoms with E-state index in [4.69, 9.17) is 4.74 Å². The molecule has 4 rings (SSSR count). The first kappa shape index (κ1) is 24.0. The molecule has 34 heavy (non-hydrogen) atoms. The maximum Gasteiger partial charge on any atom is 0.234 e. The van der Waals surface area contributed by atoms with Gasteiger partial charge in [-0.3, -0.25) is 9.36 Å². The molecule has 8 heteroatoms. The minimum Gasteiger partial charge on any atom is -0.494 e. The molecule has 2 aromatic heterocycles. The molecule has 176 valence electrons. The van der Waals surface area contributed by atoms with Crippen molar-refractivity contribution in [3.63, 3.8) is 0 Å². The zero-order valence-corrected chi connectivity index (χ0v) is 21.4. The highest BCUT2D eigenvalue weighted by Crippen LogP contribution is 2.32. The van der Waals surface area contributed by atoms with Crippen molar-refractivity contribution in [2.45, 2.75) is 38.3 Å². The molecule has 1 amide bonds. The fraction of sp³-hybridized carbons (Fsp3) is 0.269. The molecule has 1 N–H and O–H groups in total.